The zero-order chi connectivity index (χ0) is 19.7. The van der Waals surface area contributed by atoms with Gasteiger partial charge in [0.15, 0.2) is 6.04 Å². The minimum atomic E-state index is -1.16. The topological polar surface area (TPSA) is 70.5 Å². The van der Waals surface area contributed by atoms with Gasteiger partial charge in [-0.1, -0.05) is 72.5 Å². The number of aliphatic carboxylic acids is 1. The predicted octanol–water partition coefficient (Wildman–Crippen LogP) is 4.26. The number of rotatable bonds is 4. The molecule has 1 amide bonds. The lowest BCUT2D eigenvalue weighted by Gasteiger charge is -2.23. The average molecular weight is 406 g/mol. The van der Waals surface area contributed by atoms with Gasteiger partial charge in [0.1, 0.15) is 4.32 Å². The second-order valence-corrected chi connectivity index (χ2v) is 7.80. The summed E-state index contributed by atoms with van der Waals surface area (Å²) >= 11 is 6.46. The van der Waals surface area contributed by atoms with E-state index in [0.29, 0.717) is 10.5 Å². The van der Waals surface area contributed by atoms with Crippen molar-refractivity contribution in [3.63, 3.8) is 0 Å². The Bertz CT molecular complexity index is 1120. The average Bonchev–Trinajstić information content (AvgIpc) is 2.97. The number of thiocarbonyl (C=S) groups is 1. The molecule has 1 aliphatic heterocycles. The number of amides is 1. The van der Waals surface area contributed by atoms with E-state index in [2.05, 4.69) is 4.98 Å². The molecule has 0 radical (unpaired) electrons. The van der Waals surface area contributed by atoms with Crippen LogP contribution in [0.1, 0.15) is 17.2 Å². The summed E-state index contributed by atoms with van der Waals surface area (Å²) in [4.78, 5) is 30.9. The summed E-state index contributed by atoms with van der Waals surface area (Å²) in [5, 5.41) is 10.7. The van der Waals surface area contributed by atoms with Crippen molar-refractivity contribution < 1.29 is 14.7 Å². The molecule has 1 saturated heterocycles. The molecule has 7 heteroatoms. The first-order chi connectivity index (χ1) is 13.6. The van der Waals surface area contributed by atoms with Crippen LogP contribution in [0.15, 0.2) is 71.8 Å². The molecule has 2 aromatic carbocycles. The highest BCUT2D eigenvalue weighted by Crippen LogP contribution is 2.38. The number of thioether (sulfide) groups is 1. The van der Waals surface area contributed by atoms with Crippen molar-refractivity contribution in [3.05, 3.63) is 82.9 Å². The highest BCUT2D eigenvalue weighted by Gasteiger charge is 2.41. The van der Waals surface area contributed by atoms with Gasteiger partial charge in [-0.2, -0.15) is 0 Å². The van der Waals surface area contributed by atoms with Crippen LogP contribution in [-0.4, -0.2) is 31.2 Å². The normalized spacial score (nSPS) is 16.7. The Morgan fingerprint density at radius 1 is 1.11 bits per heavy atom. The van der Waals surface area contributed by atoms with E-state index < -0.39 is 17.9 Å². The summed E-state index contributed by atoms with van der Waals surface area (Å²) in [6, 6.07) is 16.9. The maximum Gasteiger partial charge on any atom is 0.331 e. The van der Waals surface area contributed by atoms with Crippen LogP contribution in [0.5, 0.6) is 0 Å². The van der Waals surface area contributed by atoms with Crippen LogP contribution >= 0.6 is 24.0 Å². The number of carbonyl (C=O) groups is 2. The van der Waals surface area contributed by atoms with E-state index in [0.717, 1.165) is 28.2 Å². The molecule has 0 saturated carbocycles. The molecule has 28 heavy (non-hydrogen) atoms. The summed E-state index contributed by atoms with van der Waals surface area (Å²) in [7, 11) is 0. The van der Waals surface area contributed by atoms with Crippen LogP contribution in [0.25, 0.3) is 17.0 Å². The van der Waals surface area contributed by atoms with E-state index in [4.69, 9.17) is 12.2 Å². The van der Waals surface area contributed by atoms with Gasteiger partial charge in [0.25, 0.3) is 5.91 Å². The molecule has 0 unspecified atom stereocenters. The first-order valence-electron chi connectivity index (χ1n) is 8.45. The third-order valence-corrected chi connectivity index (χ3v) is 5.73. The van der Waals surface area contributed by atoms with Crippen LogP contribution in [-0.2, 0) is 9.59 Å². The van der Waals surface area contributed by atoms with Crippen LogP contribution in [0.4, 0.5) is 0 Å². The summed E-state index contributed by atoms with van der Waals surface area (Å²) in [6.07, 6.45) is 3.42. The van der Waals surface area contributed by atoms with Gasteiger partial charge in [-0.15, -0.1) is 0 Å². The maximum absolute atomic E-state index is 13.0. The summed E-state index contributed by atoms with van der Waals surface area (Å²) in [6.45, 7) is 0. The standard InChI is InChI=1S/C21H14N2O3S2/c24-19-17(12-14-10-11-22-16-9-5-4-8-15(14)16)28-21(27)23(19)18(20(25)26)13-6-2-1-3-7-13/h1-12,18H,(H,25,26)/b17-12-/t18-/m1/s1. The first-order valence-corrected chi connectivity index (χ1v) is 9.67. The van der Waals surface area contributed by atoms with Crippen LogP contribution in [0.2, 0.25) is 0 Å². The fourth-order valence-electron chi connectivity index (χ4n) is 3.12. The Labute approximate surface area is 170 Å². The molecule has 0 aliphatic carbocycles. The van der Waals surface area contributed by atoms with Crippen molar-refractivity contribution in [1.82, 2.24) is 9.88 Å². The number of benzene rings is 2. The second-order valence-electron chi connectivity index (χ2n) is 6.12. The van der Waals surface area contributed by atoms with Crippen molar-refractivity contribution in [1.29, 1.82) is 0 Å². The molecule has 138 valence electrons. The molecule has 5 nitrogen and oxygen atoms in total. The number of carboxylic acid groups (broad SMARTS) is 1. The number of para-hydroxylation sites is 1. The lowest BCUT2D eigenvalue weighted by Crippen LogP contribution is -2.37. The zero-order valence-electron chi connectivity index (χ0n) is 14.5. The molecular weight excluding hydrogens is 392 g/mol. The Morgan fingerprint density at radius 2 is 1.82 bits per heavy atom. The van der Waals surface area contributed by atoms with Crippen molar-refractivity contribution in [2.45, 2.75) is 6.04 Å². The van der Waals surface area contributed by atoms with E-state index in [-0.39, 0.29) is 4.32 Å². The molecule has 2 heterocycles. The number of fused-ring (bicyclic) bond motifs is 1. The smallest absolute Gasteiger partial charge is 0.331 e. The van der Waals surface area contributed by atoms with Gasteiger partial charge in [0.2, 0.25) is 0 Å². The van der Waals surface area contributed by atoms with E-state index in [1.807, 2.05) is 30.3 Å². The second kappa shape index (κ2) is 7.53. The van der Waals surface area contributed by atoms with Crippen molar-refractivity contribution in [2.24, 2.45) is 0 Å². The number of carboxylic acids is 1. The Kier molecular flexibility index (Phi) is 4.93. The molecule has 0 spiro atoms. The highest BCUT2D eigenvalue weighted by molar-refractivity contribution is 8.26. The lowest BCUT2D eigenvalue weighted by molar-refractivity contribution is -0.145. The zero-order valence-corrected chi connectivity index (χ0v) is 16.1. The Balaban J connectivity index is 1.74. The molecule has 0 bridgehead atoms. The molecular formula is C21H14N2O3S2. The molecule has 1 aromatic heterocycles. The van der Waals surface area contributed by atoms with Crippen molar-refractivity contribution >= 4 is 57.2 Å². The number of carbonyl (C=O) groups excluding carboxylic acids is 1. The fourth-order valence-corrected chi connectivity index (χ4v) is 4.43. The fraction of sp³-hybridized carbons (Fsp3) is 0.0476. The van der Waals surface area contributed by atoms with Crippen LogP contribution < -0.4 is 0 Å². The molecule has 1 aliphatic rings. The van der Waals surface area contributed by atoms with Gasteiger partial charge in [-0.05, 0) is 29.3 Å². The number of pyridine rings is 1. The van der Waals surface area contributed by atoms with E-state index >= 15 is 0 Å². The molecule has 1 fully saturated rings. The van der Waals surface area contributed by atoms with Gasteiger partial charge >= 0.3 is 5.97 Å². The quantitative estimate of drug-likeness (QED) is 0.516. The Hall–Kier alpha value is -3.03. The van der Waals surface area contributed by atoms with E-state index in [9.17, 15) is 14.7 Å². The SMILES string of the molecule is O=C(O)[C@@H](c1ccccc1)N1C(=O)/C(=C/c2ccnc3ccccc23)SC1=S. The maximum atomic E-state index is 13.0. The van der Waals surface area contributed by atoms with Crippen LogP contribution in [0.3, 0.4) is 0 Å². The van der Waals surface area contributed by atoms with Gasteiger partial charge in [0.05, 0.1) is 10.4 Å². The summed E-state index contributed by atoms with van der Waals surface area (Å²) in [5.41, 5.74) is 2.15. The number of hydrogen-bond donors (Lipinski definition) is 1. The van der Waals surface area contributed by atoms with E-state index in [1.54, 1.807) is 42.6 Å². The monoisotopic (exact) mass is 406 g/mol. The summed E-state index contributed by atoms with van der Waals surface area (Å²) in [5.74, 6) is -1.54. The van der Waals surface area contributed by atoms with Crippen molar-refractivity contribution in [3.8, 4) is 0 Å². The third-order valence-electron chi connectivity index (χ3n) is 4.40. The minimum absolute atomic E-state index is 0.228. The molecule has 1 atom stereocenters. The third kappa shape index (κ3) is 3.30. The lowest BCUT2D eigenvalue weighted by atomic mass is 10.1. The molecule has 1 N–H and O–H groups in total. The summed E-state index contributed by atoms with van der Waals surface area (Å²) < 4.78 is 0.228. The van der Waals surface area contributed by atoms with Gasteiger partial charge in [0, 0.05) is 11.6 Å². The highest BCUT2D eigenvalue weighted by atomic mass is 32.2. The van der Waals surface area contributed by atoms with E-state index in [1.165, 1.54) is 4.90 Å². The van der Waals surface area contributed by atoms with Gasteiger partial charge in [-0.25, -0.2) is 4.79 Å². The van der Waals surface area contributed by atoms with Crippen LogP contribution in [0, 0.1) is 0 Å². The number of nitrogens with zero attached hydrogens (tertiary/aromatic N) is 2. The predicted molar refractivity (Wildman–Crippen MR) is 114 cm³/mol. The van der Waals surface area contributed by atoms with Crippen molar-refractivity contribution in [2.75, 3.05) is 0 Å². The largest absolute Gasteiger partial charge is 0.479 e. The number of hydrogen-bond acceptors (Lipinski definition) is 5. The molecule has 3 aromatic rings. The Morgan fingerprint density at radius 3 is 2.57 bits per heavy atom. The minimum Gasteiger partial charge on any atom is -0.479 e. The number of aromatic nitrogens is 1. The van der Waals surface area contributed by atoms with Gasteiger partial charge < -0.3 is 5.11 Å². The molecule has 4 rings (SSSR count). The van der Waals surface area contributed by atoms with Gasteiger partial charge in [-0.3, -0.25) is 14.7 Å². The first kappa shape index (κ1) is 18.3.